The molecule has 0 nitrogen and oxygen atoms in total. The van der Waals surface area contributed by atoms with Crippen molar-refractivity contribution >= 4 is 26.5 Å². The van der Waals surface area contributed by atoms with Crippen LogP contribution in [0.25, 0.3) is 0 Å². The quantitative estimate of drug-likeness (QED) is 0.257. The minimum absolute atomic E-state index is 1.44. The van der Waals surface area contributed by atoms with E-state index in [-0.39, 0.29) is 0 Å². The predicted octanol–water partition coefficient (Wildman–Crippen LogP) is 8.88. The van der Waals surface area contributed by atoms with Crippen LogP contribution in [0.2, 0.25) is 42.0 Å². The average molecular weight is 458 g/mol. The molecule has 0 N–H and O–H groups in total. The molecule has 24 heavy (non-hydrogen) atoms. The van der Waals surface area contributed by atoms with Gasteiger partial charge < -0.3 is 0 Å². The normalized spacial score (nSPS) is 20.5. The Labute approximate surface area is 160 Å². The van der Waals surface area contributed by atoms with E-state index in [1.807, 2.05) is 0 Å². The van der Waals surface area contributed by atoms with Crippen molar-refractivity contribution in [2.45, 2.75) is 134 Å². The molecule has 0 aliphatic carbocycles. The summed E-state index contributed by atoms with van der Waals surface area (Å²) < 4.78 is 0. The summed E-state index contributed by atoms with van der Waals surface area (Å²) in [6.07, 6.45) is 15.3. The molecule has 144 valence electrons. The van der Waals surface area contributed by atoms with Gasteiger partial charge in [0.05, 0.1) is 0 Å². The van der Waals surface area contributed by atoms with Crippen molar-refractivity contribution < 1.29 is 0 Å². The first-order valence-electron chi connectivity index (χ1n) is 11.7. The van der Waals surface area contributed by atoms with Crippen LogP contribution in [0.3, 0.4) is 0 Å². The molecular weight excluding hydrogens is 409 g/mol. The van der Waals surface area contributed by atoms with Crippen LogP contribution in [0.1, 0.15) is 91.9 Å². The summed E-state index contributed by atoms with van der Waals surface area (Å²) in [6, 6.07) is 0. The van der Waals surface area contributed by atoms with Crippen LogP contribution in [0, 0.1) is 0 Å². The molecule has 0 saturated carbocycles. The second-order valence-electron chi connectivity index (χ2n) is 9.12. The Morgan fingerprint density at radius 1 is 0.458 bits per heavy atom. The summed E-state index contributed by atoms with van der Waals surface area (Å²) in [6.45, 7) is 9.64. The number of hydrogen-bond acceptors (Lipinski definition) is 0. The molecule has 0 unspecified atom stereocenters. The van der Waals surface area contributed by atoms with Gasteiger partial charge >= 0.3 is 160 Å². The van der Waals surface area contributed by atoms with Crippen molar-refractivity contribution in [2.24, 2.45) is 0 Å². The van der Waals surface area contributed by atoms with Gasteiger partial charge in [-0.15, -0.1) is 0 Å². The van der Waals surface area contributed by atoms with Crippen LogP contribution < -0.4 is 0 Å². The van der Waals surface area contributed by atoms with Crippen LogP contribution in [-0.2, 0) is 0 Å². The molecular formula is C22H48Ge2. The standard InChI is InChI=1S/C22H48Ge2/c1-5-9-15-23(16-10-6-2)19-13-21-24(17-11-7-3,18-12-8-4)22-14-20-23/h5-22H2,1-4H3. The third kappa shape index (κ3) is 8.19. The van der Waals surface area contributed by atoms with E-state index in [1.165, 1.54) is 25.7 Å². The predicted molar refractivity (Wildman–Crippen MR) is 119 cm³/mol. The molecule has 0 atom stereocenters. The van der Waals surface area contributed by atoms with E-state index in [4.69, 9.17) is 0 Å². The zero-order valence-electron chi connectivity index (χ0n) is 17.7. The summed E-state index contributed by atoms with van der Waals surface area (Å²) in [5.41, 5.74) is 0. The Kier molecular flexibility index (Phi) is 12.8. The maximum atomic E-state index is 2.41. The minimum atomic E-state index is -1.48. The Morgan fingerprint density at radius 3 is 0.917 bits per heavy atom. The van der Waals surface area contributed by atoms with E-state index in [9.17, 15) is 0 Å². The number of rotatable bonds is 12. The second-order valence-corrected chi connectivity index (χ2v) is 30.1. The maximum absolute atomic E-state index is 2.41. The van der Waals surface area contributed by atoms with Gasteiger partial charge in [0.15, 0.2) is 0 Å². The van der Waals surface area contributed by atoms with Gasteiger partial charge in [0.25, 0.3) is 0 Å². The van der Waals surface area contributed by atoms with Crippen molar-refractivity contribution in [3.63, 3.8) is 0 Å². The molecule has 1 heterocycles. The van der Waals surface area contributed by atoms with Crippen molar-refractivity contribution in [1.29, 1.82) is 0 Å². The van der Waals surface area contributed by atoms with Gasteiger partial charge in [-0.3, -0.25) is 0 Å². The first-order chi connectivity index (χ1) is 11.7. The van der Waals surface area contributed by atoms with Gasteiger partial charge in [0.1, 0.15) is 0 Å². The van der Waals surface area contributed by atoms with E-state index in [0.29, 0.717) is 0 Å². The monoisotopic (exact) mass is 460 g/mol. The Hall–Kier alpha value is 1.09. The third-order valence-corrected chi connectivity index (χ3v) is 30.8. The molecule has 1 aliphatic rings. The van der Waals surface area contributed by atoms with Crippen molar-refractivity contribution in [3.05, 3.63) is 0 Å². The molecule has 0 aromatic carbocycles. The molecule has 0 radical (unpaired) electrons. The van der Waals surface area contributed by atoms with Crippen molar-refractivity contribution in [2.75, 3.05) is 0 Å². The third-order valence-electron chi connectivity index (χ3n) is 7.07. The molecule has 0 bridgehead atoms. The second kappa shape index (κ2) is 13.3. The average Bonchev–Trinajstić information content (AvgIpc) is 2.58. The Bertz CT molecular complexity index is 242. The summed E-state index contributed by atoms with van der Waals surface area (Å²) in [5.74, 6) is 0. The van der Waals surface area contributed by atoms with Crippen LogP contribution in [0.4, 0.5) is 0 Å². The summed E-state index contributed by atoms with van der Waals surface area (Å²) in [7, 11) is 0. The summed E-state index contributed by atoms with van der Waals surface area (Å²) in [5, 5.41) is 14.0. The molecule has 1 aliphatic heterocycles. The van der Waals surface area contributed by atoms with E-state index in [2.05, 4.69) is 27.7 Å². The molecule has 0 aromatic heterocycles. The number of unbranched alkanes of at least 4 members (excludes halogenated alkanes) is 4. The zero-order valence-corrected chi connectivity index (χ0v) is 21.9. The summed E-state index contributed by atoms with van der Waals surface area (Å²) in [4.78, 5) is 0. The molecule has 1 fully saturated rings. The van der Waals surface area contributed by atoms with Gasteiger partial charge in [-0.1, -0.05) is 0 Å². The molecule has 0 aromatic rings. The first kappa shape index (κ1) is 23.1. The molecule has 0 amide bonds. The van der Waals surface area contributed by atoms with Crippen molar-refractivity contribution in [1.82, 2.24) is 0 Å². The van der Waals surface area contributed by atoms with Crippen LogP contribution in [0.5, 0.6) is 0 Å². The van der Waals surface area contributed by atoms with Crippen LogP contribution in [-0.4, -0.2) is 26.5 Å². The van der Waals surface area contributed by atoms with Gasteiger partial charge in [-0.25, -0.2) is 0 Å². The first-order valence-corrected chi connectivity index (χ1v) is 23.5. The van der Waals surface area contributed by atoms with E-state index in [1.54, 1.807) is 80.6 Å². The fourth-order valence-electron chi connectivity index (χ4n) is 5.38. The van der Waals surface area contributed by atoms with Crippen molar-refractivity contribution in [3.8, 4) is 0 Å². The van der Waals surface area contributed by atoms with Crippen LogP contribution in [0.15, 0.2) is 0 Å². The Morgan fingerprint density at radius 2 is 0.708 bits per heavy atom. The number of hydrogen-bond donors (Lipinski definition) is 0. The van der Waals surface area contributed by atoms with Gasteiger partial charge in [-0.05, 0) is 0 Å². The van der Waals surface area contributed by atoms with Gasteiger partial charge in [-0.2, -0.15) is 0 Å². The SMILES string of the molecule is CCC[CH2][Ge]1([CH2]CCC)[CH2]C[CH2][Ge]([CH2]CCC)([CH2]CCC)[CH2]C[CH2]1. The van der Waals surface area contributed by atoms with E-state index < -0.39 is 26.5 Å². The zero-order chi connectivity index (χ0) is 17.7. The fraction of sp³-hybridized carbons (Fsp3) is 1.00. The molecule has 2 heteroatoms. The summed E-state index contributed by atoms with van der Waals surface area (Å²) >= 11 is -2.96. The molecule has 1 rings (SSSR count). The van der Waals surface area contributed by atoms with Gasteiger partial charge in [0.2, 0.25) is 0 Å². The Balaban J connectivity index is 2.70. The van der Waals surface area contributed by atoms with E-state index in [0.717, 1.165) is 0 Å². The van der Waals surface area contributed by atoms with E-state index >= 15 is 0 Å². The van der Waals surface area contributed by atoms with Gasteiger partial charge in [0, 0.05) is 0 Å². The topological polar surface area (TPSA) is 0 Å². The van der Waals surface area contributed by atoms with Crippen LogP contribution >= 0.6 is 0 Å². The molecule has 1 saturated heterocycles. The fourth-order valence-corrected chi connectivity index (χ4v) is 31.8. The molecule has 0 spiro atoms.